The fraction of sp³-hybridized carbons (Fsp3) is 0.389. The average Bonchev–Trinajstić information content (AvgIpc) is 2.70. The number of ether oxygens (including phenoxy) is 3. The van der Waals surface area contributed by atoms with Crippen molar-refractivity contribution in [2.75, 3.05) is 21.3 Å². The predicted octanol–water partition coefficient (Wildman–Crippen LogP) is -0.345. The van der Waals surface area contributed by atoms with E-state index >= 15 is 0 Å². The third kappa shape index (κ3) is 5.29. The molecule has 1 rings (SSSR count). The minimum atomic E-state index is -1.48. The van der Waals surface area contributed by atoms with Crippen molar-refractivity contribution in [1.82, 2.24) is 5.32 Å². The van der Waals surface area contributed by atoms with E-state index < -0.39 is 47.6 Å². The maximum Gasteiger partial charge on any atom is 0.337 e. The lowest BCUT2D eigenvalue weighted by Gasteiger charge is -2.26. The smallest absolute Gasteiger partial charge is 0.337 e. The van der Waals surface area contributed by atoms with Crippen molar-refractivity contribution in [1.29, 1.82) is 0 Å². The van der Waals surface area contributed by atoms with Crippen LogP contribution in [0.2, 0.25) is 0 Å². The molecular weight excluding hydrogens is 372 g/mol. The van der Waals surface area contributed by atoms with Crippen LogP contribution in [-0.2, 0) is 28.6 Å². The third-order valence-corrected chi connectivity index (χ3v) is 4.10. The van der Waals surface area contributed by atoms with Crippen LogP contribution in [0.5, 0.6) is 0 Å². The van der Waals surface area contributed by atoms with Crippen molar-refractivity contribution < 1.29 is 38.2 Å². The molecule has 152 valence electrons. The molecule has 2 atom stereocenters. The second-order valence-corrected chi connectivity index (χ2v) is 5.81. The Kier molecular flexibility index (Phi) is 8.11. The molecule has 1 aromatic rings. The Morgan fingerprint density at radius 2 is 1.46 bits per heavy atom. The molecule has 0 saturated carbocycles. The number of nitrogens with two attached hydrogens (primary N) is 1. The van der Waals surface area contributed by atoms with Gasteiger partial charge in [-0.25, -0.2) is 4.79 Å². The second kappa shape index (κ2) is 10.0. The fourth-order valence-corrected chi connectivity index (χ4v) is 2.56. The Bertz CT molecular complexity index is 761. The lowest BCUT2D eigenvalue weighted by atomic mass is 9.86. The van der Waals surface area contributed by atoms with Crippen molar-refractivity contribution in [3.63, 3.8) is 0 Å². The van der Waals surface area contributed by atoms with Gasteiger partial charge in [0.25, 0.3) is 5.91 Å². The summed E-state index contributed by atoms with van der Waals surface area (Å²) in [4.78, 5) is 59.9. The molecule has 10 heteroatoms. The molecular formula is C18H22N2O8. The third-order valence-electron chi connectivity index (χ3n) is 4.10. The van der Waals surface area contributed by atoms with E-state index in [4.69, 9.17) is 5.73 Å². The maximum atomic E-state index is 12.5. The first kappa shape index (κ1) is 22.6. The molecule has 3 N–H and O–H groups in total. The number of amides is 2. The lowest BCUT2D eigenvalue weighted by Crippen LogP contribution is -2.52. The molecule has 0 saturated heterocycles. The zero-order chi connectivity index (χ0) is 21.4. The summed E-state index contributed by atoms with van der Waals surface area (Å²) in [5, 5.41) is 2.37. The van der Waals surface area contributed by atoms with Crippen LogP contribution in [0.4, 0.5) is 0 Å². The van der Waals surface area contributed by atoms with Gasteiger partial charge in [0.05, 0.1) is 26.9 Å². The van der Waals surface area contributed by atoms with Gasteiger partial charge in [-0.15, -0.1) is 0 Å². The van der Waals surface area contributed by atoms with E-state index in [1.54, 1.807) is 0 Å². The van der Waals surface area contributed by atoms with E-state index in [9.17, 15) is 24.0 Å². The number of hydrogen-bond acceptors (Lipinski definition) is 8. The molecule has 0 aromatic heterocycles. The first-order chi connectivity index (χ1) is 13.2. The van der Waals surface area contributed by atoms with Crippen LogP contribution in [0.3, 0.4) is 0 Å². The van der Waals surface area contributed by atoms with Crippen LogP contribution in [0.25, 0.3) is 0 Å². The predicted molar refractivity (Wildman–Crippen MR) is 94.9 cm³/mol. The number of nitrogens with one attached hydrogen (secondary N) is 1. The second-order valence-electron chi connectivity index (χ2n) is 5.81. The Labute approximate surface area is 161 Å². The summed E-state index contributed by atoms with van der Waals surface area (Å²) >= 11 is 0. The van der Waals surface area contributed by atoms with Gasteiger partial charge in [-0.3, -0.25) is 19.2 Å². The number of rotatable bonds is 8. The molecule has 0 unspecified atom stereocenters. The Morgan fingerprint density at radius 1 is 0.929 bits per heavy atom. The Hall–Kier alpha value is -3.43. The molecule has 0 bridgehead atoms. The highest BCUT2D eigenvalue weighted by molar-refractivity contribution is 6.01. The van der Waals surface area contributed by atoms with E-state index in [2.05, 4.69) is 19.5 Å². The van der Waals surface area contributed by atoms with Crippen molar-refractivity contribution in [2.24, 2.45) is 17.6 Å². The van der Waals surface area contributed by atoms with Crippen molar-refractivity contribution in [3.8, 4) is 0 Å². The largest absolute Gasteiger partial charge is 0.468 e. The summed E-state index contributed by atoms with van der Waals surface area (Å²) in [5.41, 5.74) is 5.53. The number of primary amides is 1. The highest BCUT2D eigenvalue weighted by Crippen LogP contribution is 2.20. The van der Waals surface area contributed by atoms with Gasteiger partial charge in [0.2, 0.25) is 5.91 Å². The number of carbonyl (C=O) groups is 5. The molecule has 2 amide bonds. The van der Waals surface area contributed by atoms with E-state index in [-0.39, 0.29) is 11.1 Å². The first-order valence-corrected chi connectivity index (χ1v) is 8.12. The summed E-state index contributed by atoms with van der Waals surface area (Å²) in [5.74, 6) is -6.78. The monoisotopic (exact) mass is 394 g/mol. The van der Waals surface area contributed by atoms with E-state index in [0.29, 0.717) is 0 Å². The van der Waals surface area contributed by atoms with Crippen LogP contribution >= 0.6 is 0 Å². The molecule has 28 heavy (non-hydrogen) atoms. The first-order valence-electron chi connectivity index (χ1n) is 8.12. The van der Waals surface area contributed by atoms with Gasteiger partial charge in [-0.1, -0.05) is 13.0 Å². The molecule has 0 heterocycles. The minimum Gasteiger partial charge on any atom is -0.468 e. The molecule has 0 aliphatic rings. The van der Waals surface area contributed by atoms with Gasteiger partial charge in [0.15, 0.2) is 5.92 Å². The summed E-state index contributed by atoms with van der Waals surface area (Å²) in [6, 6.07) is 4.18. The summed E-state index contributed by atoms with van der Waals surface area (Å²) in [6.07, 6.45) is 0. The van der Waals surface area contributed by atoms with Crippen LogP contribution in [-0.4, -0.2) is 57.1 Å². The van der Waals surface area contributed by atoms with Crippen LogP contribution in [0, 0.1) is 11.8 Å². The zero-order valence-electron chi connectivity index (χ0n) is 15.9. The van der Waals surface area contributed by atoms with Crippen LogP contribution in [0.15, 0.2) is 24.3 Å². The molecule has 10 nitrogen and oxygen atoms in total. The number of methoxy groups -OCH3 is 3. The normalized spacial score (nSPS) is 12.5. The van der Waals surface area contributed by atoms with Gasteiger partial charge in [-0.2, -0.15) is 0 Å². The number of esters is 3. The average molecular weight is 394 g/mol. The van der Waals surface area contributed by atoms with Gasteiger partial charge >= 0.3 is 17.9 Å². The molecule has 0 radical (unpaired) electrons. The summed E-state index contributed by atoms with van der Waals surface area (Å²) < 4.78 is 13.7. The molecule has 0 aliphatic heterocycles. The van der Waals surface area contributed by atoms with E-state index in [0.717, 1.165) is 14.2 Å². The topological polar surface area (TPSA) is 151 Å². The maximum absolute atomic E-state index is 12.5. The van der Waals surface area contributed by atoms with Gasteiger partial charge in [0.1, 0.15) is 6.04 Å². The van der Waals surface area contributed by atoms with E-state index in [1.165, 1.54) is 38.3 Å². The Morgan fingerprint density at radius 3 is 1.93 bits per heavy atom. The molecule has 0 spiro atoms. The van der Waals surface area contributed by atoms with E-state index in [1.807, 2.05) is 0 Å². The van der Waals surface area contributed by atoms with Gasteiger partial charge < -0.3 is 25.3 Å². The van der Waals surface area contributed by atoms with Crippen molar-refractivity contribution in [2.45, 2.75) is 13.0 Å². The molecule has 0 fully saturated rings. The summed E-state index contributed by atoms with van der Waals surface area (Å²) in [7, 11) is 3.34. The number of benzene rings is 1. The highest BCUT2D eigenvalue weighted by atomic mass is 16.5. The lowest BCUT2D eigenvalue weighted by molar-refractivity contribution is -0.161. The summed E-state index contributed by atoms with van der Waals surface area (Å²) in [6.45, 7) is 1.37. The zero-order valence-corrected chi connectivity index (χ0v) is 15.9. The van der Waals surface area contributed by atoms with Gasteiger partial charge in [0, 0.05) is 11.5 Å². The van der Waals surface area contributed by atoms with Crippen molar-refractivity contribution in [3.05, 3.63) is 35.4 Å². The highest BCUT2D eigenvalue weighted by Gasteiger charge is 2.41. The molecule has 0 aliphatic carbocycles. The molecule has 1 aromatic carbocycles. The number of hydrogen-bond donors (Lipinski definition) is 2. The van der Waals surface area contributed by atoms with Crippen molar-refractivity contribution >= 4 is 29.7 Å². The van der Waals surface area contributed by atoms with Gasteiger partial charge in [-0.05, 0) is 18.2 Å². The Balaban J connectivity index is 3.14. The minimum absolute atomic E-state index is 0.0500. The number of carbonyl (C=O) groups excluding carboxylic acids is 5. The quantitative estimate of drug-likeness (QED) is 0.345. The SMILES string of the molecule is COC(=O)c1cccc(C(=O)N[C@H](C(N)=O)[C@H](C)C(C(=O)OC)C(=O)OC)c1. The fourth-order valence-electron chi connectivity index (χ4n) is 2.56. The standard InChI is InChI=1S/C18H22N2O8/c1-9(12(17(24)27-3)18(25)28-4)13(14(19)21)20-15(22)10-6-5-7-11(8-10)16(23)26-2/h5-9,12-13H,1-4H3,(H2,19,21)(H,20,22)/t9-,13+/m1/s1. The van der Waals surface area contributed by atoms with Crippen LogP contribution in [0.1, 0.15) is 27.6 Å². The van der Waals surface area contributed by atoms with Crippen LogP contribution < -0.4 is 11.1 Å².